The fourth-order valence-electron chi connectivity index (χ4n) is 2.46. The number of carbonyl (C=O) groups excluding carboxylic acids is 1. The van der Waals surface area contributed by atoms with Gasteiger partial charge >= 0.3 is 0 Å². The quantitative estimate of drug-likeness (QED) is 0.480. The van der Waals surface area contributed by atoms with Gasteiger partial charge in [-0.15, -0.1) is 0 Å². The lowest BCUT2D eigenvalue weighted by Gasteiger charge is -2.06. The van der Waals surface area contributed by atoms with Crippen LogP contribution in [0.15, 0.2) is 53.6 Å². The molecule has 3 rings (SSSR count). The Kier molecular flexibility index (Phi) is 6.34. The third-order valence-corrected chi connectivity index (χ3v) is 4.72. The topological polar surface area (TPSA) is 68.5 Å². The standard InChI is InChI=1S/C20H18Cl2N4O2/c1-13-10-16(8-9-18(13)21)28-12-19(27)24-23-11-17-14(2)25-26(20(17)22)15-6-4-3-5-7-15/h3-11H,12H2,1-2H3,(H,24,27)/b23-11-. The fraction of sp³-hybridized carbons (Fsp3) is 0.150. The number of halogens is 2. The molecule has 0 radical (unpaired) electrons. The van der Waals surface area contributed by atoms with Gasteiger partial charge in [0.15, 0.2) is 6.61 Å². The van der Waals surface area contributed by atoms with E-state index in [-0.39, 0.29) is 6.61 Å². The van der Waals surface area contributed by atoms with Crippen LogP contribution in [0, 0.1) is 13.8 Å². The number of hydrazone groups is 1. The number of rotatable bonds is 6. The number of benzene rings is 2. The first-order valence-corrected chi connectivity index (χ1v) is 9.22. The second-order valence-electron chi connectivity index (χ2n) is 6.03. The van der Waals surface area contributed by atoms with E-state index in [4.69, 9.17) is 27.9 Å². The lowest BCUT2D eigenvalue weighted by molar-refractivity contribution is -0.123. The number of hydrogen-bond acceptors (Lipinski definition) is 4. The third kappa shape index (κ3) is 4.71. The smallest absolute Gasteiger partial charge is 0.277 e. The SMILES string of the molecule is Cc1cc(OCC(=O)N/N=C\c2c(C)nn(-c3ccccc3)c2Cl)ccc1Cl. The largest absolute Gasteiger partial charge is 0.484 e. The Hall–Kier alpha value is -2.83. The molecule has 28 heavy (non-hydrogen) atoms. The summed E-state index contributed by atoms with van der Waals surface area (Å²) in [5.74, 6) is 0.164. The van der Waals surface area contributed by atoms with Crippen LogP contribution in [0.3, 0.4) is 0 Å². The van der Waals surface area contributed by atoms with Gasteiger partial charge in [0.1, 0.15) is 10.9 Å². The highest BCUT2D eigenvalue weighted by Gasteiger charge is 2.13. The number of nitrogens with zero attached hydrogens (tertiary/aromatic N) is 3. The predicted octanol–water partition coefficient (Wildman–Crippen LogP) is 4.33. The summed E-state index contributed by atoms with van der Waals surface area (Å²) in [6.07, 6.45) is 1.47. The summed E-state index contributed by atoms with van der Waals surface area (Å²) in [7, 11) is 0. The van der Waals surface area contributed by atoms with Crippen LogP contribution in [0.25, 0.3) is 5.69 Å². The Morgan fingerprint density at radius 3 is 2.68 bits per heavy atom. The average molecular weight is 417 g/mol. The summed E-state index contributed by atoms with van der Waals surface area (Å²) < 4.78 is 7.05. The molecule has 2 aromatic carbocycles. The first kappa shape index (κ1) is 19.9. The average Bonchev–Trinajstić information content (AvgIpc) is 2.98. The third-order valence-electron chi connectivity index (χ3n) is 3.93. The maximum atomic E-state index is 11.9. The first-order valence-electron chi connectivity index (χ1n) is 8.47. The first-order chi connectivity index (χ1) is 13.5. The molecule has 0 saturated carbocycles. The van der Waals surface area contributed by atoms with Gasteiger partial charge in [0.05, 0.1) is 23.2 Å². The number of carbonyl (C=O) groups is 1. The van der Waals surface area contributed by atoms with Crippen molar-refractivity contribution in [2.75, 3.05) is 6.61 Å². The summed E-state index contributed by atoms with van der Waals surface area (Å²) in [5.41, 5.74) is 5.45. The summed E-state index contributed by atoms with van der Waals surface area (Å²) in [4.78, 5) is 11.9. The predicted molar refractivity (Wildman–Crippen MR) is 111 cm³/mol. The maximum Gasteiger partial charge on any atom is 0.277 e. The van der Waals surface area contributed by atoms with Crippen molar-refractivity contribution in [1.82, 2.24) is 15.2 Å². The van der Waals surface area contributed by atoms with E-state index in [9.17, 15) is 4.79 Å². The highest BCUT2D eigenvalue weighted by Crippen LogP contribution is 2.22. The molecule has 0 fully saturated rings. The summed E-state index contributed by atoms with van der Waals surface area (Å²) in [6.45, 7) is 3.51. The molecule has 1 aromatic heterocycles. The molecule has 1 amide bonds. The maximum absolute atomic E-state index is 11.9. The van der Waals surface area contributed by atoms with Gasteiger partial charge in [0, 0.05) is 5.02 Å². The minimum absolute atomic E-state index is 0.172. The van der Waals surface area contributed by atoms with E-state index in [2.05, 4.69) is 15.6 Å². The number of para-hydroxylation sites is 1. The van der Waals surface area contributed by atoms with Gasteiger partial charge in [-0.05, 0) is 49.7 Å². The van der Waals surface area contributed by atoms with Crippen molar-refractivity contribution < 1.29 is 9.53 Å². The molecule has 144 valence electrons. The summed E-state index contributed by atoms with van der Waals surface area (Å²) >= 11 is 12.4. The van der Waals surface area contributed by atoms with Crippen molar-refractivity contribution in [3.05, 3.63) is 75.5 Å². The number of amides is 1. The molecule has 0 aliphatic rings. The van der Waals surface area contributed by atoms with Gasteiger partial charge in [-0.1, -0.05) is 41.4 Å². The van der Waals surface area contributed by atoms with Crippen molar-refractivity contribution in [1.29, 1.82) is 0 Å². The van der Waals surface area contributed by atoms with Crippen LogP contribution in [0.5, 0.6) is 5.75 Å². The van der Waals surface area contributed by atoms with Crippen molar-refractivity contribution in [2.45, 2.75) is 13.8 Å². The van der Waals surface area contributed by atoms with Crippen LogP contribution in [-0.4, -0.2) is 28.5 Å². The van der Waals surface area contributed by atoms with Gasteiger partial charge in [0.25, 0.3) is 5.91 Å². The van der Waals surface area contributed by atoms with E-state index >= 15 is 0 Å². The van der Waals surface area contributed by atoms with Crippen LogP contribution in [-0.2, 0) is 4.79 Å². The van der Waals surface area contributed by atoms with Crippen LogP contribution >= 0.6 is 23.2 Å². The van der Waals surface area contributed by atoms with Crippen LogP contribution in [0.2, 0.25) is 10.2 Å². The molecule has 1 N–H and O–H groups in total. The Balaban J connectivity index is 1.60. The number of nitrogens with one attached hydrogen (secondary N) is 1. The van der Waals surface area contributed by atoms with Crippen LogP contribution < -0.4 is 10.2 Å². The molecule has 0 aliphatic carbocycles. The molecule has 8 heteroatoms. The second kappa shape index (κ2) is 8.91. The fourth-order valence-corrected chi connectivity index (χ4v) is 2.89. The molecule has 0 spiro atoms. The normalized spacial score (nSPS) is 11.0. The Bertz CT molecular complexity index is 1020. The van der Waals surface area contributed by atoms with E-state index < -0.39 is 5.91 Å². The second-order valence-corrected chi connectivity index (χ2v) is 6.80. The zero-order chi connectivity index (χ0) is 20.1. The number of hydrogen-bond donors (Lipinski definition) is 1. The van der Waals surface area contributed by atoms with Crippen molar-refractivity contribution in [3.63, 3.8) is 0 Å². The van der Waals surface area contributed by atoms with E-state index in [1.165, 1.54) is 6.21 Å². The lowest BCUT2D eigenvalue weighted by Crippen LogP contribution is -2.24. The van der Waals surface area contributed by atoms with E-state index in [1.54, 1.807) is 22.9 Å². The molecule has 3 aromatic rings. The minimum Gasteiger partial charge on any atom is -0.484 e. The highest BCUT2D eigenvalue weighted by atomic mass is 35.5. The zero-order valence-corrected chi connectivity index (χ0v) is 16.8. The monoisotopic (exact) mass is 416 g/mol. The van der Waals surface area contributed by atoms with Gasteiger partial charge in [0.2, 0.25) is 0 Å². The van der Waals surface area contributed by atoms with Gasteiger partial charge in [-0.25, -0.2) is 10.1 Å². The van der Waals surface area contributed by atoms with E-state index in [1.807, 2.05) is 44.2 Å². The molecule has 0 aliphatic heterocycles. The molecule has 0 saturated heterocycles. The molecule has 1 heterocycles. The number of aromatic nitrogens is 2. The number of aryl methyl sites for hydroxylation is 2. The van der Waals surface area contributed by atoms with E-state index in [0.717, 1.165) is 11.3 Å². The Labute approximate surface area is 172 Å². The van der Waals surface area contributed by atoms with Crippen molar-refractivity contribution in [2.24, 2.45) is 5.10 Å². The summed E-state index contributed by atoms with van der Waals surface area (Å²) in [6, 6.07) is 14.7. The molecule has 0 atom stereocenters. The molecule has 6 nitrogen and oxygen atoms in total. The zero-order valence-electron chi connectivity index (χ0n) is 15.3. The van der Waals surface area contributed by atoms with Gasteiger partial charge in [-0.3, -0.25) is 4.79 Å². The van der Waals surface area contributed by atoms with Crippen molar-refractivity contribution in [3.8, 4) is 11.4 Å². The molecular weight excluding hydrogens is 399 g/mol. The van der Waals surface area contributed by atoms with Crippen molar-refractivity contribution >= 4 is 35.3 Å². The van der Waals surface area contributed by atoms with Crippen LogP contribution in [0.4, 0.5) is 0 Å². The molecule has 0 bridgehead atoms. The number of ether oxygens (including phenoxy) is 1. The Morgan fingerprint density at radius 2 is 1.96 bits per heavy atom. The summed E-state index contributed by atoms with van der Waals surface area (Å²) in [5, 5.41) is 9.42. The van der Waals surface area contributed by atoms with Gasteiger partial charge < -0.3 is 4.74 Å². The lowest BCUT2D eigenvalue weighted by atomic mass is 10.2. The Morgan fingerprint density at radius 1 is 1.21 bits per heavy atom. The molecule has 0 unspecified atom stereocenters. The van der Waals surface area contributed by atoms with Crippen LogP contribution in [0.1, 0.15) is 16.8 Å². The van der Waals surface area contributed by atoms with Gasteiger partial charge in [-0.2, -0.15) is 10.2 Å². The van der Waals surface area contributed by atoms with E-state index in [0.29, 0.717) is 27.2 Å². The molecular formula is C20H18Cl2N4O2. The highest BCUT2D eigenvalue weighted by molar-refractivity contribution is 6.32. The minimum atomic E-state index is -0.395.